The van der Waals surface area contributed by atoms with Crippen molar-refractivity contribution < 1.29 is 4.79 Å². The van der Waals surface area contributed by atoms with Crippen LogP contribution in [0.4, 0.5) is 5.13 Å². The van der Waals surface area contributed by atoms with Gasteiger partial charge in [-0.2, -0.15) is 0 Å². The standard InChI is InChI=1S/C21H21N5OS3/c1-4-26-19(16-9-14(3)28-10-16)24-25-21(26)30-12-18(27)23-20-22-17(11-29-20)15-7-5-13(2)6-8-15/h5-11H,4,12H2,1-3H3,(H,22,23,27). The predicted octanol–water partition coefficient (Wildman–Crippen LogP) is 5.50. The Bertz CT molecular complexity index is 1160. The summed E-state index contributed by atoms with van der Waals surface area (Å²) in [5.41, 5.74) is 4.18. The van der Waals surface area contributed by atoms with Crippen molar-refractivity contribution in [3.8, 4) is 22.6 Å². The quantitative estimate of drug-likeness (QED) is 0.373. The molecule has 3 heterocycles. The van der Waals surface area contributed by atoms with Gasteiger partial charge in [-0.25, -0.2) is 4.98 Å². The van der Waals surface area contributed by atoms with Crippen molar-refractivity contribution in [2.24, 2.45) is 0 Å². The summed E-state index contributed by atoms with van der Waals surface area (Å²) in [6.07, 6.45) is 0. The summed E-state index contributed by atoms with van der Waals surface area (Å²) < 4.78 is 2.04. The van der Waals surface area contributed by atoms with Gasteiger partial charge in [0.15, 0.2) is 16.1 Å². The van der Waals surface area contributed by atoms with Crippen molar-refractivity contribution in [1.29, 1.82) is 0 Å². The van der Waals surface area contributed by atoms with Crippen molar-refractivity contribution in [3.63, 3.8) is 0 Å². The summed E-state index contributed by atoms with van der Waals surface area (Å²) in [5, 5.41) is 16.9. The number of aryl methyl sites for hydroxylation is 2. The highest BCUT2D eigenvalue weighted by Crippen LogP contribution is 2.28. The van der Waals surface area contributed by atoms with E-state index in [1.165, 1.54) is 33.5 Å². The van der Waals surface area contributed by atoms with Gasteiger partial charge in [-0.05, 0) is 26.8 Å². The fraction of sp³-hybridized carbons (Fsp3) is 0.238. The summed E-state index contributed by atoms with van der Waals surface area (Å²) in [5.74, 6) is 0.982. The van der Waals surface area contributed by atoms with Crippen LogP contribution in [0.25, 0.3) is 22.6 Å². The Balaban J connectivity index is 1.39. The fourth-order valence-electron chi connectivity index (χ4n) is 2.93. The van der Waals surface area contributed by atoms with Gasteiger partial charge in [-0.1, -0.05) is 41.6 Å². The van der Waals surface area contributed by atoms with Crippen molar-refractivity contribution in [2.45, 2.75) is 32.5 Å². The number of thiophene rings is 1. The second-order valence-electron chi connectivity index (χ2n) is 6.74. The number of benzene rings is 1. The van der Waals surface area contributed by atoms with Crippen LogP contribution in [-0.2, 0) is 11.3 Å². The summed E-state index contributed by atoms with van der Waals surface area (Å²) in [6, 6.07) is 10.3. The third kappa shape index (κ3) is 4.63. The third-order valence-electron chi connectivity index (χ3n) is 4.45. The molecule has 1 N–H and O–H groups in total. The highest BCUT2D eigenvalue weighted by Gasteiger charge is 2.16. The maximum atomic E-state index is 12.4. The number of amides is 1. The summed E-state index contributed by atoms with van der Waals surface area (Å²) in [7, 11) is 0. The molecule has 30 heavy (non-hydrogen) atoms. The minimum atomic E-state index is -0.108. The van der Waals surface area contributed by atoms with Crippen LogP contribution in [0.15, 0.2) is 46.2 Å². The summed E-state index contributed by atoms with van der Waals surface area (Å²) in [6.45, 7) is 6.92. The molecular formula is C21H21N5OS3. The lowest BCUT2D eigenvalue weighted by molar-refractivity contribution is -0.113. The molecule has 154 valence electrons. The third-order valence-corrected chi connectivity index (χ3v) is 7.04. The Morgan fingerprint density at radius 1 is 1.10 bits per heavy atom. The molecule has 6 nitrogen and oxygen atoms in total. The fourth-order valence-corrected chi connectivity index (χ4v) is 5.15. The highest BCUT2D eigenvalue weighted by molar-refractivity contribution is 7.99. The first-order chi connectivity index (χ1) is 14.5. The molecule has 0 radical (unpaired) electrons. The van der Waals surface area contributed by atoms with E-state index < -0.39 is 0 Å². The number of nitrogens with zero attached hydrogens (tertiary/aromatic N) is 4. The molecular weight excluding hydrogens is 434 g/mol. The van der Waals surface area contributed by atoms with Crippen LogP contribution in [0, 0.1) is 13.8 Å². The van der Waals surface area contributed by atoms with Gasteiger partial charge in [0.05, 0.1) is 11.4 Å². The minimum Gasteiger partial charge on any atom is -0.302 e. The van der Waals surface area contributed by atoms with E-state index in [1.54, 1.807) is 11.3 Å². The Hall–Kier alpha value is -2.49. The summed E-state index contributed by atoms with van der Waals surface area (Å²) in [4.78, 5) is 18.2. The van der Waals surface area contributed by atoms with Crippen molar-refractivity contribution in [3.05, 3.63) is 51.5 Å². The Labute approximate surface area is 187 Å². The van der Waals surface area contributed by atoms with Gasteiger partial charge in [0.1, 0.15) is 0 Å². The molecule has 0 unspecified atom stereocenters. The molecule has 9 heteroatoms. The van der Waals surface area contributed by atoms with Crippen LogP contribution in [0.5, 0.6) is 0 Å². The van der Waals surface area contributed by atoms with Crippen LogP contribution >= 0.6 is 34.4 Å². The van der Waals surface area contributed by atoms with E-state index in [-0.39, 0.29) is 11.7 Å². The van der Waals surface area contributed by atoms with Crippen molar-refractivity contribution in [2.75, 3.05) is 11.1 Å². The number of anilines is 1. The normalized spacial score (nSPS) is 11.0. The van der Waals surface area contributed by atoms with Gasteiger partial charge in [0.25, 0.3) is 0 Å². The minimum absolute atomic E-state index is 0.108. The molecule has 4 rings (SSSR count). The predicted molar refractivity (Wildman–Crippen MR) is 125 cm³/mol. The van der Waals surface area contributed by atoms with Crippen LogP contribution in [-0.4, -0.2) is 31.4 Å². The first kappa shape index (κ1) is 20.8. The molecule has 0 saturated carbocycles. The molecule has 0 atom stereocenters. The Morgan fingerprint density at radius 3 is 2.60 bits per heavy atom. The number of carbonyl (C=O) groups is 1. The summed E-state index contributed by atoms with van der Waals surface area (Å²) >= 11 is 4.50. The zero-order valence-electron chi connectivity index (χ0n) is 16.9. The van der Waals surface area contributed by atoms with Crippen molar-refractivity contribution >= 4 is 45.5 Å². The van der Waals surface area contributed by atoms with E-state index in [0.717, 1.165) is 34.3 Å². The maximum Gasteiger partial charge on any atom is 0.236 e. The zero-order valence-corrected chi connectivity index (χ0v) is 19.3. The molecule has 0 aliphatic rings. The van der Waals surface area contributed by atoms with Crippen LogP contribution in [0.3, 0.4) is 0 Å². The molecule has 0 aliphatic heterocycles. The molecule has 0 aliphatic carbocycles. The van der Waals surface area contributed by atoms with E-state index in [4.69, 9.17) is 0 Å². The zero-order chi connectivity index (χ0) is 21.1. The van der Waals surface area contributed by atoms with Crippen LogP contribution in [0.2, 0.25) is 0 Å². The van der Waals surface area contributed by atoms with Gasteiger partial charge in [0, 0.05) is 33.3 Å². The highest BCUT2D eigenvalue weighted by atomic mass is 32.2. The number of thioether (sulfide) groups is 1. The van der Waals surface area contributed by atoms with Gasteiger partial charge >= 0.3 is 0 Å². The molecule has 0 spiro atoms. The number of nitrogens with one attached hydrogen (secondary N) is 1. The molecule has 0 bridgehead atoms. The lowest BCUT2D eigenvalue weighted by Crippen LogP contribution is -2.14. The van der Waals surface area contributed by atoms with E-state index in [0.29, 0.717) is 5.13 Å². The molecule has 0 saturated heterocycles. The average molecular weight is 456 g/mol. The van der Waals surface area contributed by atoms with E-state index in [1.807, 2.05) is 22.1 Å². The number of aromatic nitrogens is 4. The molecule has 0 fully saturated rings. The number of hydrogen-bond donors (Lipinski definition) is 1. The van der Waals surface area contributed by atoms with E-state index >= 15 is 0 Å². The SMILES string of the molecule is CCn1c(SCC(=O)Nc2nc(-c3ccc(C)cc3)cs2)nnc1-c1csc(C)c1. The van der Waals surface area contributed by atoms with Crippen LogP contribution < -0.4 is 5.32 Å². The Kier molecular flexibility index (Phi) is 6.31. The molecule has 1 aromatic carbocycles. The number of thiazole rings is 1. The number of carbonyl (C=O) groups excluding carboxylic acids is 1. The van der Waals surface area contributed by atoms with Gasteiger partial charge in [0.2, 0.25) is 5.91 Å². The average Bonchev–Trinajstić information content (AvgIpc) is 3.46. The smallest absolute Gasteiger partial charge is 0.236 e. The molecule has 3 aromatic heterocycles. The largest absolute Gasteiger partial charge is 0.302 e. The first-order valence-electron chi connectivity index (χ1n) is 9.47. The number of rotatable bonds is 7. The molecule has 1 amide bonds. The van der Waals surface area contributed by atoms with Crippen molar-refractivity contribution in [1.82, 2.24) is 19.7 Å². The lowest BCUT2D eigenvalue weighted by Gasteiger charge is -2.06. The second-order valence-corrected chi connectivity index (χ2v) is 9.65. The molecule has 4 aromatic rings. The second kappa shape index (κ2) is 9.11. The lowest BCUT2D eigenvalue weighted by atomic mass is 10.1. The monoisotopic (exact) mass is 455 g/mol. The topological polar surface area (TPSA) is 72.7 Å². The van der Waals surface area contributed by atoms with E-state index in [2.05, 4.69) is 64.8 Å². The van der Waals surface area contributed by atoms with Crippen LogP contribution in [0.1, 0.15) is 17.4 Å². The van der Waals surface area contributed by atoms with Gasteiger partial charge in [-0.15, -0.1) is 32.9 Å². The first-order valence-corrected chi connectivity index (χ1v) is 12.2. The number of hydrogen-bond acceptors (Lipinski definition) is 7. The maximum absolute atomic E-state index is 12.4. The van der Waals surface area contributed by atoms with E-state index in [9.17, 15) is 4.79 Å². The van der Waals surface area contributed by atoms with Gasteiger partial charge < -0.3 is 9.88 Å². The Morgan fingerprint density at radius 2 is 1.90 bits per heavy atom. The van der Waals surface area contributed by atoms with Gasteiger partial charge in [-0.3, -0.25) is 4.79 Å².